The number of amides is 1. The Morgan fingerprint density at radius 3 is 2.70 bits per heavy atom. The van der Waals surface area contributed by atoms with Crippen LogP contribution in [0.15, 0.2) is 30.5 Å². The third-order valence-electron chi connectivity index (χ3n) is 3.70. The fourth-order valence-electron chi connectivity index (χ4n) is 2.73. The molecule has 1 aromatic carbocycles. The van der Waals surface area contributed by atoms with Gasteiger partial charge in [-0.2, -0.15) is 13.2 Å². The van der Waals surface area contributed by atoms with Crippen molar-refractivity contribution in [3.63, 3.8) is 0 Å². The Balaban J connectivity index is 2.27. The van der Waals surface area contributed by atoms with Gasteiger partial charge in [0.15, 0.2) is 0 Å². The first-order valence-electron chi connectivity index (χ1n) is 6.23. The molecule has 0 aliphatic carbocycles. The van der Waals surface area contributed by atoms with Crippen molar-refractivity contribution in [3.05, 3.63) is 36.0 Å². The molecule has 1 saturated heterocycles. The SMILES string of the molecule is O=C1NCC[NH2+][C@@]1(c1c[nH]c2ccccc12)C(F)(F)F. The van der Waals surface area contributed by atoms with Gasteiger partial charge < -0.3 is 15.6 Å². The van der Waals surface area contributed by atoms with Crippen LogP contribution in [0.3, 0.4) is 0 Å². The second kappa shape index (κ2) is 4.24. The number of piperazine rings is 1. The lowest BCUT2D eigenvalue weighted by molar-refractivity contribution is -0.750. The predicted octanol–water partition coefficient (Wildman–Crippen LogP) is 0.619. The topological polar surface area (TPSA) is 61.5 Å². The minimum absolute atomic E-state index is 0.0437. The van der Waals surface area contributed by atoms with Gasteiger partial charge >= 0.3 is 6.18 Å². The average molecular weight is 284 g/mol. The van der Waals surface area contributed by atoms with Crippen LogP contribution in [0.5, 0.6) is 0 Å². The van der Waals surface area contributed by atoms with Crippen LogP contribution >= 0.6 is 0 Å². The van der Waals surface area contributed by atoms with E-state index in [0.29, 0.717) is 10.9 Å². The van der Waals surface area contributed by atoms with Crippen molar-refractivity contribution in [2.45, 2.75) is 11.7 Å². The number of carbonyl (C=O) groups is 1. The zero-order chi connectivity index (χ0) is 14.4. The highest BCUT2D eigenvalue weighted by Gasteiger charge is 2.67. The molecule has 1 aliphatic heterocycles. The van der Waals surface area contributed by atoms with Gasteiger partial charge in [-0.25, -0.2) is 0 Å². The Labute approximate surface area is 112 Å². The Hall–Kier alpha value is -2.02. The van der Waals surface area contributed by atoms with Gasteiger partial charge in [0.25, 0.3) is 11.4 Å². The molecule has 0 unspecified atom stereocenters. The summed E-state index contributed by atoms with van der Waals surface area (Å²) < 4.78 is 40.9. The standard InChI is InChI=1S/C13H12F3N3O/c14-13(15,16)12(11(20)17-5-6-19-12)9-7-18-10-4-2-1-3-8(9)10/h1-4,7,18-19H,5-6H2,(H,17,20)/p+1/t12-/m1/s1. The summed E-state index contributed by atoms with van der Waals surface area (Å²) in [7, 11) is 0. The highest BCUT2D eigenvalue weighted by atomic mass is 19.4. The van der Waals surface area contributed by atoms with E-state index in [1.807, 2.05) is 0 Å². The molecule has 1 atom stereocenters. The zero-order valence-corrected chi connectivity index (χ0v) is 10.4. The first-order valence-corrected chi connectivity index (χ1v) is 6.23. The quantitative estimate of drug-likeness (QED) is 0.706. The van der Waals surface area contributed by atoms with Crippen LogP contribution in [0, 0.1) is 0 Å². The van der Waals surface area contributed by atoms with Crippen LogP contribution in [0.25, 0.3) is 10.9 Å². The smallest absolute Gasteiger partial charge is 0.361 e. The molecule has 0 spiro atoms. The molecular formula is C13H13F3N3O+. The number of nitrogens with one attached hydrogen (secondary N) is 2. The number of hydrogen-bond donors (Lipinski definition) is 3. The Morgan fingerprint density at radius 2 is 2.00 bits per heavy atom. The van der Waals surface area contributed by atoms with Crippen LogP contribution in [-0.4, -0.2) is 30.2 Å². The molecule has 0 saturated carbocycles. The fraction of sp³-hybridized carbons (Fsp3) is 0.308. The summed E-state index contributed by atoms with van der Waals surface area (Å²) in [6.45, 7) is 0.420. The first-order chi connectivity index (χ1) is 9.47. The van der Waals surface area contributed by atoms with Gasteiger partial charge in [-0.05, 0) is 6.07 Å². The number of aromatic amines is 1. The normalized spacial score (nSPS) is 23.9. The van der Waals surface area contributed by atoms with E-state index in [9.17, 15) is 18.0 Å². The summed E-state index contributed by atoms with van der Waals surface area (Å²) in [4.78, 5) is 14.8. The molecule has 0 radical (unpaired) electrons. The highest BCUT2D eigenvalue weighted by molar-refractivity contribution is 5.94. The number of hydrogen-bond acceptors (Lipinski definition) is 1. The third-order valence-corrected chi connectivity index (χ3v) is 3.70. The van der Waals surface area contributed by atoms with Crippen molar-refractivity contribution in [1.29, 1.82) is 0 Å². The summed E-state index contributed by atoms with van der Waals surface area (Å²) in [5.41, 5.74) is -2.04. The van der Waals surface area contributed by atoms with E-state index in [4.69, 9.17) is 0 Å². The maximum atomic E-state index is 13.6. The average Bonchev–Trinajstić information content (AvgIpc) is 2.82. The summed E-state index contributed by atoms with van der Waals surface area (Å²) >= 11 is 0. The second-order valence-electron chi connectivity index (χ2n) is 4.80. The Bertz CT molecular complexity index is 664. The molecule has 1 aromatic heterocycles. The molecule has 106 valence electrons. The molecule has 1 fully saturated rings. The lowest BCUT2D eigenvalue weighted by Gasteiger charge is -2.34. The van der Waals surface area contributed by atoms with Crippen molar-refractivity contribution in [3.8, 4) is 0 Å². The monoisotopic (exact) mass is 284 g/mol. The molecule has 20 heavy (non-hydrogen) atoms. The van der Waals surface area contributed by atoms with Crippen molar-refractivity contribution in [2.24, 2.45) is 0 Å². The van der Waals surface area contributed by atoms with Crippen molar-refractivity contribution in [1.82, 2.24) is 10.3 Å². The minimum Gasteiger partial charge on any atom is -0.361 e. The van der Waals surface area contributed by atoms with Crippen LogP contribution in [-0.2, 0) is 10.3 Å². The number of halogens is 3. The van der Waals surface area contributed by atoms with Crippen LogP contribution < -0.4 is 10.6 Å². The number of alkyl halides is 3. The third kappa shape index (κ3) is 1.62. The number of para-hydroxylation sites is 1. The van der Waals surface area contributed by atoms with Crippen molar-refractivity contribution in [2.75, 3.05) is 13.1 Å². The molecule has 2 heterocycles. The number of benzene rings is 1. The van der Waals surface area contributed by atoms with E-state index >= 15 is 0 Å². The van der Waals surface area contributed by atoms with E-state index in [1.54, 1.807) is 24.3 Å². The lowest BCUT2D eigenvalue weighted by atomic mass is 9.86. The molecule has 4 N–H and O–H groups in total. The van der Waals surface area contributed by atoms with E-state index in [0.717, 1.165) is 5.32 Å². The summed E-state index contributed by atoms with van der Waals surface area (Å²) in [5, 5.41) is 3.81. The van der Waals surface area contributed by atoms with Gasteiger partial charge in [0.1, 0.15) is 0 Å². The predicted molar refractivity (Wildman–Crippen MR) is 65.8 cm³/mol. The highest BCUT2D eigenvalue weighted by Crippen LogP contribution is 2.39. The van der Waals surface area contributed by atoms with Gasteiger partial charge in [-0.15, -0.1) is 0 Å². The van der Waals surface area contributed by atoms with E-state index in [1.165, 1.54) is 6.20 Å². The number of rotatable bonds is 1. The number of nitrogens with two attached hydrogens (primary N) is 1. The summed E-state index contributed by atoms with van der Waals surface area (Å²) in [6, 6.07) is 6.66. The van der Waals surface area contributed by atoms with E-state index in [2.05, 4.69) is 10.3 Å². The Morgan fingerprint density at radius 1 is 1.25 bits per heavy atom. The molecule has 1 amide bonds. The van der Waals surface area contributed by atoms with Crippen molar-refractivity contribution < 1.29 is 23.3 Å². The zero-order valence-electron chi connectivity index (χ0n) is 10.4. The fourth-order valence-corrected chi connectivity index (χ4v) is 2.73. The van der Waals surface area contributed by atoms with Gasteiger partial charge in [-0.3, -0.25) is 4.79 Å². The molecule has 2 aromatic rings. The minimum atomic E-state index is -4.68. The molecule has 7 heteroatoms. The maximum Gasteiger partial charge on any atom is 0.459 e. The van der Waals surface area contributed by atoms with E-state index in [-0.39, 0.29) is 18.7 Å². The number of quaternary nitrogens is 1. The van der Waals surface area contributed by atoms with Gasteiger partial charge in [0.2, 0.25) is 0 Å². The summed E-state index contributed by atoms with van der Waals surface area (Å²) in [6.07, 6.45) is -3.40. The molecule has 4 nitrogen and oxygen atoms in total. The number of aromatic nitrogens is 1. The molecule has 0 bridgehead atoms. The van der Waals surface area contributed by atoms with Gasteiger partial charge in [-0.1, -0.05) is 18.2 Å². The summed E-state index contributed by atoms with van der Waals surface area (Å²) in [5.74, 6) is -1.01. The van der Waals surface area contributed by atoms with Crippen LogP contribution in [0.1, 0.15) is 5.56 Å². The molecule has 1 aliphatic rings. The number of H-pyrrole nitrogens is 1. The maximum absolute atomic E-state index is 13.6. The number of carbonyl (C=O) groups excluding carboxylic acids is 1. The van der Waals surface area contributed by atoms with Crippen LogP contribution in [0.4, 0.5) is 13.2 Å². The lowest BCUT2D eigenvalue weighted by Crippen LogP contribution is -3.04. The van der Waals surface area contributed by atoms with Gasteiger partial charge in [0.05, 0.1) is 18.7 Å². The number of fused-ring (bicyclic) bond motifs is 1. The van der Waals surface area contributed by atoms with Crippen molar-refractivity contribution >= 4 is 16.8 Å². The molecule has 3 rings (SSSR count). The second-order valence-corrected chi connectivity index (χ2v) is 4.80. The largest absolute Gasteiger partial charge is 0.459 e. The first kappa shape index (κ1) is 13.0. The van der Waals surface area contributed by atoms with E-state index < -0.39 is 17.6 Å². The van der Waals surface area contributed by atoms with Crippen LogP contribution in [0.2, 0.25) is 0 Å². The Kier molecular flexibility index (Phi) is 2.75. The molecular weight excluding hydrogens is 271 g/mol. The van der Waals surface area contributed by atoms with Gasteiger partial charge in [0, 0.05) is 17.1 Å².